The van der Waals surface area contributed by atoms with Crippen molar-refractivity contribution >= 4 is 0 Å². The summed E-state index contributed by atoms with van der Waals surface area (Å²) in [5.41, 5.74) is 0. The summed E-state index contributed by atoms with van der Waals surface area (Å²) in [7, 11) is 0. The zero-order valence-electron chi connectivity index (χ0n) is 10.9. The van der Waals surface area contributed by atoms with Gasteiger partial charge in [-0.3, -0.25) is 0 Å². The van der Waals surface area contributed by atoms with Crippen LogP contribution >= 0.6 is 0 Å². The van der Waals surface area contributed by atoms with Crippen molar-refractivity contribution < 1.29 is 18.9 Å². The molecule has 3 aliphatic rings. The van der Waals surface area contributed by atoms with Crippen LogP contribution in [0.5, 0.6) is 0 Å². The Labute approximate surface area is 102 Å². The summed E-state index contributed by atoms with van der Waals surface area (Å²) in [5, 5.41) is 3.42. The maximum absolute atomic E-state index is 5.95. The van der Waals surface area contributed by atoms with Gasteiger partial charge in [0, 0.05) is 6.54 Å². The lowest BCUT2D eigenvalue weighted by atomic mass is 10.1. The largest absolute Gasteiger partial charge is 0.348 e. The van der Waals surface area contributed by atoms with E-state index in [0.29, 0.717) is 6.61 Å². The molecule has 3 saturated heterocycles. The molecule has 4 atom stereocenters. The fraction of sp³-hybridized carbons (Fsp3) is 1.00. The predicted octanol–water partition coefficient (Wildman–Crippen LogP) is 0.630. The summed E-state index contributed by atoms with van der Waals surface area (Å²) >= 11 is 0. The van der Waals surface area contributed by atoms with Crippen LogP contribution in [-0.4, -0.2) is 49.1 Å². The molecule has 5 heteroatoms. The van der Waals surface area contributed by atoms with Gasteiger partial charge in [0.25, 0.3) is 0 Å². The molecule has 0 aliphatic carbocycles. The first-order chi connectivity index (χ1) is 7.86. The zero-order valence-corrected chi connectivity index (χ0v) is 10.9. The van der Waals surface area contributed by atoms with E-state index in [4.69, 9.17) is 18.9 Å². The van der Waals surface area contributed by atoms with Crippen molar-refractivity contribution in [3.63, 3.8) is 0 Å². The van der Waals surface area contributed by atoms with E-state index in [1.165, 1.54) is 0 Å². The minimum Gasteiger partial charge on any atom is -0.348 e. The van der Waals surface area contributed by atoms with E-state index >= 15 is 0 Å². The Morgan fingerprint density at radius 2 is 1.65 bits per heavy atom. The summed E-state index contributed by atoms with van der Waals surface area (Å²) in [4.78, 5) is 0. The zero-order chi connectivity index (χ0) is 12.3. The second-order valence-corrected chi connectivity index (χ2v) is 5.94. The first kappa shape index (κ1) is 11.9. The molecular formula is C12H21NO4. The molecule has 98 valence electrons. The average Bonchev–Trinajstić information content (AvgIpc) is 2.77. The Balaban J connectivity index is 1.70. The molecule has 0 saturated carbocycles. The number of nitrogens with one attached hydrogen (secondary N) is 1. The lowest BCUT2D eigenvalue weighted by molar-refractivity contribution is -0.165. The van der Waals surface area contributed by atoms with Gasteiger partial charge in [0.05, 0.1) is 12.6 Å². The lowest BCUT2D eigenvalue weighted by Crippen LogP contribution is -2.46. The van der Waals surface area contributed by atoms with Crippen LogP contribution in [0, 0.1) is 0 Å². The first-order valence-electron chi connectivity index (χ1n) is 6.27. The minimum absolute atomic E-state index is 0.0394. The van der Waals surface area contributed by atoms with Crippen LogP contribution < -0.4 is 5.32 Å². The molecule has 0 amide bonds. The van der Waals surface area contributed by atoms with Crippen molar-refractivity contribution in [2.75, 3.05) is 13.2 Å². The Morgan fingerprint density at radius 1 is 0.941 bits per heavy atom. The minimum atomic E-state index is -0.487. The molecule has 3 heterocycles. The molecule has 5 nitrogen and oxygen atoms in total. The molecule has 0 aromatic rings. The van der Waals surface area contributed by atoms with Crippen molar-refractivity contribution in [3.8, 4) is 0 Å². The van der Waals surface area contributed by atoms with E-state index < -0.39 is 11.6 Å². The maximum Gasteiger partial charge on any atom is 0.163 e. The molecule has 17 heavy (non-hydrogen) atoms. The number of hydrogen-bond donors (Lipinski definition) is 1. The fourth-order valence-electron chi connectivity index (χ4n) is 2.93. The van der Waals surface area contributed by atoms with Gasteiger partial charge in [-0.25, -0.2) is 0 Å². The van der Waals surface area contributed by atoms with Crippen molar-refractivity contribution in [2.45, 2.75) is 63.6 Å². The van der Waals surface area contributed by atoms with Gasteiger partial charge in [0.2, 0.25) is 0 Å². The Hall–Kier alpha value is -0.200. The number of hydrogen-bond acceptors (Lipinski definition) is 5. The van der Waals surface area contributed by atoms with Crippen molar-refractivity contribution in [1.29, 1.82) is 0 Å². The quantitative estimate of drug-likeness (QED) is 0.732. The van der Waals surface area contributed by atoms with Crippen LogP contribution in [0.4, 0.5) is 0 Å². The molecule has 3 rings (SSSR count). The SMILES string of the molecule is CC1(C)OCC([C@@H]2NC[C@H]3OC(C)(C)O[C@H]32)O1. The first-order valence-corrected chi connectivity index (χ1v) is 6.27. The standard InChI is InChI=1S/C12H21NO4/c1-11(2)14-6-8(16-11)9-10-7(5-13-9)15-12(3,4)17-10/h7-10,13H,5-6H2,1-4H3/t7-,8?,9+,10-/m1/s1. The van der Waals surface area contributed by atoms with Gasteiger partial charge in [-0.15, -0.1) is 0 Å². The van der Waals surface area contributed by atoms with E-state index in [1.807, 2.05) is 27.7 Å². The molecule has 0 aromatic heterocycles. The second kappa shape index (κ2) is 3.65. The van der Waals surface area contributed by atoms with Crippen LogP contribution in [-0.2, 0) is 18.9 Å². The number of rotatable bonds is 1. The summed E-state index contributed by atoms with van der Waals surface area (Å²) < 4.78 is 23.3. The van der Waals surface area contributed by atoms with E-state index in [0.717, 1.165) is 6.54 Å². The van der Waals surface area contributed by atoms with E-state index in [9.17, 15) is 0 Å². The number of fused-ring (bicyclic) bond motifs is 1. The highest BCUT2D eigenvalue weighted by Gasteiger charge is 2.53. The van der Waals surface area contributed by atoms with E-state index in [1.54, 1.807) is 0 Å². The smallest absolute Gasteiger partial charge is 0.163 e. The van der Waals surface area contributed by atoms with Gasteiger partial charge in [0.1, 0.15) is 18.3 Å². The van der Waals surface area contributed by atoms with Gasteiger partial charge in [-0.05, 0) is 27.7 Å². The Bertz CT molecular complexity index is 318. The van der Waals surface area contributed by atoms with Gasteiger partial charge in [0.15, 0.2) is 11.6 Å². The van der Waals surface area contributed by atoms with Gasteiger partial charge >= 0.3 is 0 Å². The molecular weight excluding hydrogens is 222 g/mol. The topological polar surface area (TPSA) is 49.0 Å². The molecule has 3 aliphatic heterocycles. The molecule has 0 radical (unpaired) electrons. The van der Waals surface area contributed by atoms with Crippen LogP contribution in [0.3, 0.4) is 0 Å². The molecule has 0 spiro atoms. The highest BCUT2D eigenvalue weighted by Crippen LogP contribution is 2.36. The summed E-state index contributed by atoms with van der Waals surface area (Å²) in [6, 6.07) is 0.156. The van der Waals surface area contributed by atoms with Gasteiger partial charge in [-0.2, -0.15) is 0 Å². The van der Waals surface area contributed by atoms with Crippen LogP contribution in [0.2, 0.25) is 0 Å². The second-order valence-electron chi connectivity index (χ2n) is 5.94. The van der Waals surface area contributed by atoms with Gasteiger partial charge in [-0.1, -0.05) is 0 Å². The summed E-state index contributed by atoms with van der Waals surface area (Å²) in [6.45, 7) is 9.22. The van der Waals surface area contributed by atoms with Gasteiger partial charge < -0.3 is 24.3 Å². The third-order valence-electron chi connectivity index (χ3n) is 3.56. The predicted molar refractivity (Wildman–Crippen MR) is 60.5 cm³/mol. The van der Waals surface area contributed by atoms with Crippen LogP contribution in [0.25, 0.3) is 0 Å². The van der Waals surface area contributed by atoms with E-state index in [-0.39, 0.29) is 24.4 Å². The lowest BCUT2D eigenvalue weighted by Gasteiger charge is -2.26. The third kappa shape index (κ3) is 2.11. The monoisotopic (exact) mass is 243 g/mol. The van der Waals surface area contributed by atoms with E-state index in [2.05, 4.69) is 5.32 Å². The van der Waals surface area contributed by atoms with Crippen LogP contribution in [0.1, 0.15) is 27.7 Å². The maximum atomic E-state index is 5.95. The molecule has 1 N–H and O–H groups in total. The average molecular weight is 243 g/mol. The summed E-state index contributed by atoms with van der Waals surface area (Å²) in [6.07, 6.45) is 0.229. The Morgan fingerprint density at radius 3 is 2.29 bits per heavy atom. The van der Waals surface area contributed by atoms with Crippen molar-refractivity contribution in [1.82, 2.24) is 5.32 Å². The third-order valence-corrected chi connectivity index (χ3v) is 3.56. The molecule has 0 bridgehead atoms. The number of ether oxygens (including phenoxy) is 4. The normalized spacial score (nSPS) is 47.3. The Kier molecular flexibility index (Phi) is 2.55. The highest BCUT2D eigenvalue weighted by atomic mass is 16.8. The van der Waals surface area contributed by atoms with Crippen LogP contribution in [0.15, 0.2) is 0 Å². The molecule has 1 unspecified atom stereocenters. The van der Waals surface area contributed by atoms with Crippen molar-refractivity contribution in [2.24, 2.45) is 0 Å². The van der Waals surface area contributed by atoms with Crippen molar-refractivity contribution in [3.05, 3.63) is 0 Å². The molecule has 0 aromatic carbocycles. The molecule has 3 fully saturated rings. The fourth-order valence-corrected chi connectivity index (χ4v) is 2.93. The summed E-state index contributed by atoms with van der Waals surface area (Å²) in [5.74, 6) is -0.968. The highest BCUT2D eigenvalue weighted by molar-refractivity contribution is 5.02.